The van der Waals surface area contributed by atoms with Gasteiger partial charge in [0.2, 0.25) is 0 Å². The lowest BCUT2D eigenvalue weighted by Crippen LogP contribution is -2.36. The molecule has 2 aliphatic carbocycles. The smallest absolute Gasteiger partial charge is 0.101 e. The number of epoxide rings is 1. The van der Waals surface area contributed by atoms with Crippen LogP contribution in [0.15, 0.2) is 0 Å². The van der Waals surface area contributed by atoms with E-state index in [1.165, 1.54) is 19.3 Å². The Balaban J connectivity index is 1.91. The summed E-state index contributed by atoms with van der Waals surface area (Å²) in [6.45, 7) is 8.63. The maximum Gasteiger partial charge on any atom is 0.101 e. The molecule has 0 aromatic heterocycles. The first-order valence-electron chi connectivity index (χ1n) is 7.24. The molecule has 2 nitrogen and oxygen atoms in total. The van der Waals surface area contributed by atoms with Crippen molar-refractivity contribution in [2.24, 2.45) is 17.8 Å². The quantitative estimate of drug-likeness (QED) is 0.712. The molecule has 3 unspecified atom stereocenters. The van der Waals surface area contributed by atoms with Crippen molar-refractivity contribution in [1.29, 1.82) is 0 Å². The molecule has 0 amide bonds. The van der Waals surface area contributed by atoms with Crippen LogP contribution in [-0.2, 0) is 4.74 Å². The zero-order valence-electron chi connectivity index (χ0n) is 11.6. The molecular formula is C15H26O2. The summed E-state index contributed by atoms with van der Waals surface area (Å²) in [6, 6.07) is 0. The van der Waals surface area contributed by atoms with Gasteiger partial charge in [0, 0.05) is 0 Å². The van der Waals surface area contributed by atoms with Gasteiger partial charge in [0.1, 0.15) is 11.2 Å². The molecule has 0 radical (unpaired) electrons. The highest BCUT2D eigenvalue weighted by molar-refractivity contribution is 5.26. The van der Waals surface area contributed by atoms with Crippen LogP contribution in [0, 0.1) is 17.8 Å². The first-order valence-corrected chi connectivity index (χ1v) is 7.24. The summed E-state index contributed by atoms with van der Waals surface area (Å²) in [5.41, 5.74) is -0.251. The number of ether oxygens (including phenoxy) is 1. The van der Waals surface area contributed by atoms with Crippen LogP contribution in [0.2, 0.25) is 0 Å². The lowest BCUT2D eigenvalue weighted by Gasteiger charge is -2.32. The van der Waals surface area contributed by atoms with Gasteiger partial charge in [-0.1, -0.05) is 13.8 Å². The molecule has 1 heterocycles. The van der Waals surface area contributed by atoms with Crippen LogP contribution in [0.4, 0.5) is 0 Å². The molecule has 3 rings (SSSR count). The summed E-state index contributed by atoms with van der Waals surface area (Å²) in [7, 11) is 0. The topological polar surface area (TPSA) is 32.8 Å². The standard InChI is InChI=1S/C15H26O2/c1-10-5-6-12(13(3,4)16)9-15-11(2)7-8-14(10,15)17-15/h10-12,16H,5-9H2,1-4H3/t10-,11-,12?,14?,15?/m0/s1. The second-order valence-corrected chi connectivity index (χ2v) is 7.35. The number of rotatable bonds is 1. The van der Waals surface area contributed by atoms with Gasteiger partial charge >= 0.3 is 0 Å². The van der Waals surface area contributed by atoms with Crippen molar-refractivity contribution >= 4 is 0 Å². The van der Waals surface area contributed by atoms with Crippen molar-refractivity contribution in [3.63, 3.8) is 0 Å². The van der Waals surface area contributed by atoms with Crippen LogP contribution in [0.5, 0.6) is 0 Å². The van der Waals surface area contributed by atoms with Crippen LogP contribution in [0.1, 0.15) is 59.8 Å². The van der Waals surface area contributed by atoms with E-state index < -0.39 is 5.60 Å². The molecule has 5 atom stereocenters. The maximum atomic E-state index is 10.3. The van der Waals surface area contributed by atoms with Gasteiger partial charge in [0.05, 0.1) is 5.60 Å². The van der Waals surface area contributed by atoms with Crippen molar-refractivity contribution in [2.75, 3.05) is 0 Å². The Morgan fingerprint density at radius 3 is 2.35 bits per heavy atom. The Morgan fingerprint density at radius 2 is 1.71 bits per heavy atom. The van der Waals surface area contributed by atoms with Gasteiger partial charge in [-0.25, -0.2) is 0 Å². The van der Waals surface area contributed by atoms with Crippen LogP contribution in [-0.4, -0.2) is 21.9 Å². The summed E-state index contributed by atoms with van der Waals surface area (Å²) >= 11 is 0. The highest BCUT2D eigenvalue weighted by Gasteiger charge is 2.77. The minimum atomic E-state index is -0.557. The van der Waals surface area contributed by atoms with Crippen molar-refractivity contribution < 1.29 is 9.84 Å². The number of aliphatic hydroxyl groups is 1. The molecule has 2 saturated carbocycles. The molecule has 1 saturated heterocycles. The average Bonchev–Trinajstić information content (AvgIpc) is 2.83. The largest absolute Gasteiger partial charge is 0.390 e. The van der Waals surface area contributed by atoms with Gasteiger partial charge in [-0.2, -0.15) is 0 Å². The predicted octanol–water partition coefficient (Wildman–Crippen LogP) is 3.13. The van der Waals surface area contributed by atoms with Crippen LogP contribution >= 0.6 is 0 Å². The second-order valence-electron chi connectivity index (χ2n) is 7.35. The molecule has 0 aromatic rings. The van der Waals surface area contributed by atoms with E-state index >= 15 is 0 Å². The molecule has 3 aliphatic rings. The fourth-order valence-corrected chi connectivity index (χ4v) is 4.68. The lowest BCUT2D eigenvalue weighted by molar-refractivity contribution is -0.0111. The van der Waals surface area contributed by atoms with Gasteiger partial charge < -0.3 is 9.84 Å². The van der Waals surface area contributed by atoms with Gasteiger partial charge in [0.25, 0.3) is 0 Å². The molecule has 1 aliphatic heterocycles. The lowest BCUT2D eigenvalue weighted by atomic mass is 9.77. The van der Waals surface area contributed by atoms with Gasteiger partial charge in [-0.3, -0.25) is 0 Å². The van der Waals surface area contributed by atoms with Gasteiger partial charge in [-0.15, -0.1) is 0 Å². The van der Waals surface area contributed by atoms with Gasteiger partial charge in [0.15, 0.2) is 0 Å². The molecule has 3 fully saturated rings. The third-order valence-electron chi connectivity index (χ3n) is 6.08. The van der Waals surface area contributed by atoms with Gasteiger partial charge in [-0.05, 0) is 63.7 Å². The second kappa shape index (κ2) is 3.27. The molecule has 1 N–H and O–H groups in total. The average molecular weight is 238 g/mol. The summed E-state index contributed by atoms with van der Waals surface area (Å²) in [5, 5.41) is 10.3. The zero-order valence-corrected chi connectivity index (χ0v) is 11.6. The first kappa shape index (κ1) is 12.0. The normalized spacial score (nSPS) is 53.8. The van der Waals surface area contributed by atoms with Crippen LogP contribution in [0.3, 0.4) is 0 Å². The minimum absolute atomic E-state index is 0.119. The Labute approximate surface area is 105 Å². The zero-order chi connectivity index (χ0) is 12.5. The van der Waals surface area contributed by atoms with E-state index in [0.717, 1.165) is 12.8 Å². The molecule has 0 aromatic carbocycles. The Bertz CT molecular complexity index is 332. The summed E-state index contributed by atoms with van der Waals surface area (Å²) in [6.07, 6.45) is 5.99. The Kier molecular flexibility index (Phi) is 2.30. The van der Waals surface area contributed by atoms with Crippen molar-refractivity contribution in [1.82, 2.24) is 0 Å². The fourth-order valence-electron chi connectivity index (χ4n) is 4.68. The SMILES string of the molecule is C[C@H]1CCC(C(C)(C)O)CC23OC12CC[C@@H]3C. The van der Waals surface area contributed by atoms with E-state index in [2.05, 4.69) is 13.8 Å². The highest BCUT2D eigenvalue weighted by Crippen LogP contribution is 2.70. The third-order valence-corrected chi connectivity index (χ3v) is 6.08. The molecule has 98 valence electrons. The summed E-state index contributed by atoms with van der Waals surface area (Å²) in [4.78, 5) is 0. The van der Waals surface area contributed by atoms with E-state index in [4.69, 9.17) is 4.74 Å². The monoisotopic (exact) mass is 238 g/mol. The van der Waals surface area contributed by atoms with E-state index in [0.29, 0.717) is 17.8 Å². The molecule has 0 spiro atoms. The van der Waals surface area contributed by atoms with Crippen molar-refractivity contribution in [3.8, 4) is 0 Å². The third kappa shape index (κ3) is 1.40. The fraction of sp³-hybridized carbons (Fsp3) is 1.00. The number of hydrogen-bond acceptors (Lipinski definition) is 2. The highest BCUT2D eigenvalue weighted by atomic mass is 16.6. The van der Waals surface area contributed by atoms with E-state index in [9.17, 15) is 5.11 Å². The number of hydrogen-bond donors (Lipinski definition) is 1. The molecule has 2 heteroatoms. The Morgan fingerprint density at radius 1 is 1.06 bits per heavy atom. The summed E-state index contributed by atoms with van der Waals surface area (Å²) in [5.74, 6) is 1.74. The minimum Gasteiger partial charge on any atom is -0.390 e. The Hall–Kier alpha value is -0.0800. The van der Waals surface area contributed by atoms with Crippen LogP contribution in [0.25, 0.3) is 0 Å². The van der Waals surface area contributed by atoms with E-state index in [-0.39, 0.29) is 11.2 Å². The van der Waals surface area contributed by atoms with Crippen molar-refractivity contribution in [2.45, 2.75) is 76.6 Å². The summed E-state index contributed by atoms with van der Waals surface area (Å²) < 4.78 is 6.31. The van der Waals surface area contributed by atoms with Crippen LogP contribution < -0.4 is 0 Å². The predicted molar refractivity (Wildman–Crippen MR) is 67.7 cm³/mol. The van der Waals surface area contributed by atoms with E-state index in [1.807, 2.05) is 13.8 Å². The molecule has 0 bridgehead atoms. The first-order chi connectivity index (χ1) is 7.82. The molecular weight excluding hydrogens is 212 g/mol. The molecule has 17 heavy (non-hydrogen) atoms. The van der Waals surface area contributed by atoms with Crippen molar-refractivity contribution in [3.05, 3.63) is 0 Å². The van der Waals surface area contributed by atoms with E-state index in [1.54, 1.807) is 0 Å². The maximum absolute atomic E-state index is 10.3.